The average Bonchev–Trinajstić information content (AvgIpc) is 2.99. The summed E-state index contributed by atoms with van der Waals surface area (Å²) in [5.74, 6) is 1.14. The maximum atomic E-state index is 13.2. The predicted octanol–water partition coefficient (Wildman–Crippen LogP) is 2.72. The number of thiophene rings is 1. The van der Waals surface area contributed by atoms with E-state index in [0.717, 1.165) is 35.3 Å². The van der Waals surface area contributed by atoms with Crippen LogP contribution in [-0.2, 0) is 40.1 Å². The van der Waals surface area contributed by atoms with Gasteiger partial charge in [0.2, 0.25) is 0 Å². The van der Waals surface area contributed by atoms with Gasteiger partial charge in [0.25, 0.3) is 5.56 Å². The van der Waals surface area contributed by atoms with Gasteiger partial charge >= 0.3 is 5.97 Å². The summed E-state index contributed by atoms with van der Waals surface area (Å²) in [5.41, 5.74) is 1.22. The molecule has 2 aromatic rings. The van der Waals surface area contributed by atoms with Crippen molar-refractivity contribution in [2.45, 2.75) is 52.0 Å². The second kappa shape index (κ2) is 8.31. The van der Waals surface area contributed by atoms with E-state index in [1.165, 1.54) is 17.6 Å². The molecule has 0 saturated carbocycles. The Hall–Kier alpha value is -1.73. The van der Waals surface area contributed by atoms with Gasteiger partial charge in [-0.15, -0.1) is 11.3 Å². The highest BCUT2D eigenvalue weighted by Gasteiger charge is 2.24. The minimum Gasteiger partial charge on any atom is -0.469 e. The van der Waals surface area contributed by atoms with Crippen LogP contribution in [0.15, 0.2) is 4.79 Å². The molecule has 0 aliphatic heterocycles. The minimum atomic E-state index is -0.257. The molecule has 6 nitrogen and oxygen atoms in total. The van der Waals surface area contributed by atoms with Gasteiger partial charge in [-0.1, -0.05) is 6.92 Å². The van der Waals surface area contributed by atoms with Crippen molar-refractivity contribution in [3.8, 4) is 0 Å². The van der Waals surface area contributed by atoms with Crippen LogP contribution in [0.5, 0.6) is 0 Å². The van der Waals surface area contributed by atoms with Gasteiger partial charge in [0.1, 0.15) is 10.7 Å². The van der Waals surface area contributed by atoms with Gasteiger partial charge in [-0.2, -0.15) is 0 Å². The van der Waals surface area contributed by atoms with E-state index in [-0.39, 0.29) is 11.5 Å². The van der Waals surface area contributed by atoms with Crippen molar-refractivity contribution in [3.63, 3.8) is 0 Å². The lowest BCUT2D eigenvalue weighted by Gasteiger charge is -2.18. The summed E-state index contributed by atoms with van der Waals surface area (Å²) in [6.45, 7) is 3.24. The molecule has 2 aromatic heterocycles. The molecule has 1 aliphatic rings. The fraction of sp³-hybridized carbons (Fsp3) is 0.632. The quantitative estimate of drug-likeness (QED) is 0.693. The number of ether oxygens (including phenoxy) is 2. The van der Waals surface area contributed by atoms with Crippen molar-refractivity contribution < 1.29 is 14.3 Å². The Morgan fingerprint density at radius 1 is 1.38 bits per heavy atom. The Balaban J connectivity index is 2.00. The highest BCUT2D eigenvalue weighted by molar-refractivity contribution is 7.18. The van der Waals surface area contributed by atoms with Crippen LogP contribution in [0.2, 0.25) is 0 Å². The van der Waals surface area contributed by atoms with Crippen LogP contribution in [0.4, 0.5) is 0 Å². The largest absolute Gasteiger partial charge is 0.469 e. The highest BCUT2D eigenvalue weighted by Crippen LogP contribution is 2.35. The molecule has 0 spiro atoms. The van der Waals surface area contributed by atoms with Crippen molar-refractivity contribution >= 4 is 27.5 Å². The molecule has 1 unspecified atom stereocenters. The summed E-state index contributed by atoms with van der Waals surface area (Å²) in [6, 6.07) is 0. The lowest BCUT2D eigenvalue weighted by molar-refractivity contribution is -0.140. The van der Waals surface area contributed by atoms with Gasteiger partial charge in [0.15, 0.2) is 0 Å². The first-order valence-corrected chi connectivity index (χ1v) is 9.96. The molecular formula is C19H26N2O4S. The summed E-state index contributed by atoms with van der Waals surface area (Å²) in [4.78, 5) is 31.6. The zero-order valence-electron chi connectivity index (χ0n) is 15.7. The Bertz CT molecular complexity index is 855. The van der Waals surface area contributed by atoms with E-state index in [2.05, 4.69) is 6.92 Å². The summed E-state index contributed by atoms with van der Waals surface area (Å²) < 4.78 is 11.6. The third kappa shape index (κ3) is 3.83. The molecule has 0 saturated heterocycles. The normalized spacial score (nSPS) is 16.7. The van der Waals surface area contributed by atoms with E-state index in [9.17, 15) is 9.59 Å². The van der Waals surface area contributed by atoms with Gasteiger partial charge in [-0.3, -0.25) is 14.2 Å². The Morgan fingerprint density at radius 2 is 2.19 bits per heavy atom. The number of carbonyl (C=O) groups excluding carboxylic acids is 1. The minimum absolute atomic E-state index is 0.0259. The molecular weight excluding hydrogens is 352 g/mol. The van der Waals surface area contributed by atoms with Gasteiger partial charge in [-0.25, -0.2) is 4.98 Å². The topological polar surface area (TPSA) is 70.4 Å². The molecule has 0 aromatic carbocycles. The van der Waals surface area contributed by atoms with E-state index in [1.54, 1.807) is 23.0 Å². The lowest BCUT2D eigenvalue weighted by Crippen LogP contribution is -2.27. The van der Waals surface area contributed by atoms with Crippen LogP contribution in [-0.4, -0.2) is 36.3 Å². The first-order valence-electron chi connectivity index (χ1n) is 9.14. The number of aromatic nitrogens is 2. The first kappa shape index (κ1) is 19.0. The highest BCUT2D eigenvalue weighted by atomic mass is 32.1. The fourth-order valence-corrected chi connectivity index (χ4v) is 4.96. The summed E-state index contributed by atoms with van der Waals surface area (Å²) in [7, 11) is 3.02. The first-order chi connectivity index (χ1) is 12.5. The van der Waals surface area contributed by atoms with E-state index in [0.29, 0.717) is 38.3 Å². The van der Waals surface area contributed by atoms with Gasteiger partial charge in [0.05, 0.1) is 19.1 Å². The van der Waals surface area contributed by atoms with Gasteiger partial charge in [-0.05, 0) is 37.2 Å². The standard InChI is InChI=1S/C19H26N2O4S/c1-12-6-7-13-14(11-12)26-18-17(13)19(23)21(9-4-5-16(22)25-3)15(20-18)8-10-24-2/h12H,4-11H2,1-3H3. The van der Waals surface area contributed by atoms with E-state index < -0.39 is 0 Å². The second-order valence-corrected chi connectivity index (χ2v) is 8.02. The smallest absolute Gasteiger partial charge is 0.305 e. The molecule has 26 heavy (non-hydrogen) atoms. The van der Waals surface area contributed by atoms with Crippen LogP contribution < -0.4 is 5.56 Å². The summed E-state index contributed by atoms with van der Waals surface area (Å²) >= 11 is 1.67. The zero-order chi connectivity index (χ0) is 18.7. The Labute approximate surface area is 157 Å². The predicted molar refractivity (Wildman–Crippen MR) is 102 cm³/mol. The number of carbonyl (C=O) groups is 1. The number of esters is 1. The van der Waals surface area contributed by atoms with Crippen molar-refractivity contribution in [2.24, 2.45) is 5.92 Å². The number of methoxy groups -OCH3 is 2. The van der Waals surface area contributed by atoms with E-state index >= 15 is 0 Å². The van der Waals surface area contributed by atoms with Crippen molar-refractivity contribution in [3.05, 3.63) is 26.6 Å². The third-order valence-electron chi connectivity index (χ3n) is 5.01. The molecule has 0 N–H and O–H groups in total. The van der Waals surface area contributed by atoms with Crippen LogP contribution >= 0.6 is 11.3 Å². The zero-order valence-corrected chi connectivity index (χ0v) is 16.5. The third-order valence-corrected chi connectivity index (χ3v) is 6.16. The fourth-order valence-electron chi connectivity index (χ4n) is 3.56. The number of nitrogens with zero attached hydrogens (tertiary/aromatic N) is 2. The molecule has 1 atom stereocenters. The maximum absolute atomic E-state index is 13.2. The molecule has 7 heteroatoms. The molecule has 0 fully saturated rings. The van der Waals surface area contributed by atoms with Crippen LogP contribution in [0.25, 0.3) is 10.2 Å². The number of aryl methyl sites for hydroxylation is 1. The summed E-state index contributed by atoms with van der Waals surface area (Å²) in [6.07, 6.45) is 4.54. The monoisotopic (exact) mass is 378 g/mol. The van der Waals surface area contributed by atoms with Crippen LogP contribution in [0, 0.1) is 5.92 Å². The van der Waals surface area contributed by atoms with Gasteiger partial charge < -0.3 is 9.47 Å². The molecule has 2 heterocycles. The van der Waals surface area contributed by atoms with Crippen molar-refractivity contribution in [1.29, 1.82) is 0 Å². The Kier molecular flexibility index (Phi) is 6.09. The number of fused-ring (bicyclic) bond motifs is 3. The SMILES string of the molecule is COCCc1nc2sc3c(c2c(=O)n1CCCC(=O)OC)CCC(C)C3. The van der Waals surface area contributed by atoms with Crippen molar-refractivity contribution in [1.82, 2.24) is 9.55 Å². The molecule has 3 rings (SSSR count). The van der Waals surface area contributed by atoms with Crippen LogP contribution in [0.3, 0.4) is 0 Å². The number of rotatable bonds is 7. The number of hydrogen-bond acceptors (Lipinski definition) is 6. The van der Waals surface area contributed by atoms with Gasteiger partial charge in [0, 0.05) is 31.4 Å². The lowest BCUT2D eigenvalue weighted by atomic mass is 9.89. The van der Waals surface area contributed by atoms with E-state index in [1.807, 2.05) is 0 Å². The maximum Gasteiger partial charge on any atom is 0.305 e. The van der Waals surface area contributed by atoms with Crippen molar-refractivity contribution in [2.75, 3.05) is 20.8 Å². The molecule has 0 amide bonds. The summed E-state index contributed by atoms with van der Waals surface area (Å²) in [5, 5.41) is 0.788. The second-order valence-electron chi connectivity index (χ2n) is 6.94. The van der Waals surface area contributed by atoms with Crippen LogP contribution in [0.1, 0.15) is 42.5 Å². The number of hydrogen-bond donors (Lipinski definition) is 0. The Morgan fingerprint density at radius 3 is 2.92 bits per heavy atom. The molecule has 0 radical (unpaired) electrons. The van der Waals surface area contributed by atoms with E-state index in [4.69, 9.17) is 14.5 Å². The molecule has 142 valence electrons. The molecule has 0 bridgehead atoms. The molecule has 1 aliphatic carbocycles. The average molecular weight is 378 g/mol.